The molecule has 1 amide bonds. The zero-order chi connectivity index (χ0) is 12.3. The zero-order valence-electron chi connectivity index (χ0n) is 8.73. The molecule has 0 bridgehead atoms. The van der Waals surface area contributed by atoms with Gasteiger partial charge in [-0.05, 0) is 6.32 Å². The number of hydrogen-bond acceptors (Lipinski definition) is 5. The number of aromatic carboxylic acids is 1. The van der Waals surface area contributed by atoms with E-state index in [0.717, 1.165) is 11.3 Å². The second-order valence-electron chi connectivity index (χ2n) is 2.96. The maximum Gasteiger partial charge on any atom is 0.356 e. The van der Waals surface area contributed by atoms with Gasteiger partial charge in [-0.1, -0.05) is 11.3 Å². The summed E-state index contributed by atoms with van der Waals surface area (Å²) in [7, 11) is 1.63. The number of amides is 1. The number of hydrogen-bond donors (Lipinski definition) is 2. The molecule has 84 valence electrons. The molecule has 0 saturated carbocycles. The maximum atomic E-state index is 11.4. The number of carbonyl (C=O) groups is 3. The number of ketones is 1. The molecule has 0 unspecified atom stereocenters. The first kappa shape index (κ1) is 12.4. The Bertz CT molecular complexity index is 457. The van der Waals surface area contributed by atoms with Gasteiger partial charge < -0.3 is 10.4 Å². The fraction of sp³-hybridized carbons (Fsp3) is 0.250. The van der Waals surface area contributed by atoms with Gasteiger partial charge in [0.2, 0.25) is 5.91 Å². The summed E-state index contributed by atoms with van der Waals surface area (Å²) < 4.78 is 0. The highest BCUT2D eigenvalue weighted by atomic mass is 32.1. The van der Waals surface area contributed by atoms with E-state index in [-0.39, 0.29) is 33.7 Å². The molecule has 0 aliphatic rings. The van der Waals surface area contributed by atoms with Crippen LogP contribution in [0.25, 0.3) is 0 Å². The number of carbonyl (C=O) groups excluding carboxylic acids is 2. The highest BCUT2D eigenvalue weighted by molar-refractivity contribution is 7.18. The lowest BCUT2D eigenvalue weighted by Gasteiger charge is -1.92. The monoisotopic (exact) mass is 240 g/mol. The predicted octanol–water partition coefficient (Wildman–Crippen LogP) is 0.0338. The van der Waals surface area contributed by atoms with Gasteiger partial charge in [-0.25, -0.2) is 9.78 Å². The number of nitrogens with one attached hydrogen (secondary N) is 1. The van der Waals surface area contributed by atoms with E-state index in [2.05, 4.69) is 10.3 Å². The summed E-state index contributed by atoms with van der Waals surface area (Å²) in [5.41, 5.74) is -0.305. The average molecular weight is 240 g/mol. The molecule has 16 heavy (non-hydrogen) atoms. The number of carboxylic acid groups (broad SMARTS) is 1. The van der Waals surface area contributed by atoms with Crippen LogP contribution >= 0.6 is 11.3 Å². The van der Waals surface area contributed by atoms with Crippen LogP contribution in [0.5, 0.6) is 0 Å². The largest absolute Gasteiger partial charge is 0.476 e. The van der Waals surface area contributed by atoms with Crippen molar-refractivity contribution >= 4 is 42.0 Å². The van der Waals surface area contributed by atoms with Crippen molar-refractivity contribution in [2.45, 2.75) is 13.2 Å². The zero-order valence-corrected chi connectivity index (χ0v) is 9.55. The van der Waals surface area contributed by atoms with Crippen molar-refractivity contribution in [2.75, 3.05) is 5.32 Å². The topological polar surface area (TPSA) is 96.4 Å². The van der Waals surface area contributed by atoms with Gasteiger partial charge in [-0.15, -0.1) is 0 Å². The SMILES string of the molecule is BCC(=O)c1sc(NC(C)=O)nc1C(=O)O. The minimum atomic E-state index is -1.27. The summed E-state index contributed by atoms with van der Waals surface area (Å²) in [5, 5.41) is 11.3. The summed E-state index contributed by atoms with van der Waals surface area (Å²) in [6, 6.07) is 0. The Kier molecular flexibility index (Phi) is 3.78. The lowest BCUT2D eigenvalue weighted by atomic mass is 9.99. The van der Waals surface area contributed by atoms with Crippen molar-refractivity contribution in [2.24, 2.45) is 0 Å². The van der Waals surface area contributed by atoms with Gasteiger partial charge in [0.25, 0.3) is 0 Å². The molecule has 0 aromatic carbocycles. The van der Waals surface area contributed by atoms with Crippen LogP contribution in [0.15, 0.2) is 0 Å². The molecular weight excluding hydrogens is 231 g/mol. The number of nitrogens with zero attached hydrogens (tertiary/aromatic N) is 1. The van der Waals surface area contributed by atoms with Crippen LogP contribution in [0.1, 0.15) is 27.1 Å². The summed E-state index contributed by atoms with van der Waals surface area (Å²) in [6.07, 6.45) is 0.196. The molecule has 0 spiro atoms. The molecular formula is C8H9BN2O4S. The molecule has 0 fully saturated rings. The summed E-state index contributed by atoms with van der Waals surface area (Å²) in [5.74, 6) is -1.93. The molecule has 2 N–H and O–H groups in total. The lowest BCUT2D eigenvalue weighted by Crippen LogP contribution is -2.07. The highest BCUT2D eigenvalue weighted by Crippen LogP contribution is 2.24. The van der Waals surface area contributed by atoms with E-state index >= 15 is 0 Å². The fourth-order valence-corrected chi connectivity index (χ4v) is 2.03. The maximum absolute atomic E-state index is 11.4. The number of aromatic nitrogens is 1. The minimum absolute atomic E-state index is 0.0683. The number of Topliss-reactive ketones (excluding diaryl/α,β-unsaturated/α-hetero) is 1. The first-order valence-electron chi connectivity index (χ1n) is 4.50. The van der Waals surface area contributed by atoms with E-state index in [4.69, 9.17) is 5.11 Å². The van der Waals surface area contributed by atoms with Gasteiger partial charge in [-0.2, -0.15) is 0 Å². The van der Waals surface area contributed by atoms with Gasteiger partial charge in [0.15, 0.2) is 16.6 Å². The molecule has 0 saturated heterocycles. The summed E-state index contributed by atoms with van der Waals surface area (Å²) in [6.45, 7) is 1.28. The van der Waals surface area contributed by atoms with Crippen molar-refractivity contribution in [1.82, 2.24) is 4.98 Å². The van der Waals surface area contributed by atoms with Crippen LogP contribution in [0.2, 0.25) is 6.32 Å². The van der Waals surface area contributed by atoms with Gasteiger partial charge in [0, 0.05) is 6.92 Å². The van der Waals surface area contributed by atoms with E-state index in [1.54, 1.807) is 7.85 Å². The van der Waals surface area contributed by atoms with Crippen molar-refractivity contribution in [1.29, 1.82) is 0 Å². The summed E-state index contributed by atoms with van der Waals surface area (Å²) in [4.78, 5) is 36.8. The van der Waals surface area contributed by atoms with Crippen LogP contribution in [0, 0.1) is 0 Å². The Hall–Kier alpha value is -1.70. The van der Waals surface area contributed by atoms with Crippen LogP contribution in [-0.4, -0.2) is 35.6 Å². The van der Waals surface area contributed by atoms with Crippen LogP contribution < -0.4 is 5.32 Å². The Balaban J connectivity index is 3.14. The Morgan fingerprint density at radius 2 is 2.12 bits per heavy atom. The predicted molar refractivity (Wildman–Crippen MR) is 61.1 cm³/mol. The van der Waals surface area contributed by atoms with Crippen molar-refractivity contribution in [3.05, 3.63) is 10.6 Å². The van der Waals surface area contributed by atoms with Crippen LogP contribution in [-0.2, 0) is 4.79 Å². The molecule has 1 aromatic rings. The molecule has 8 heteroatoms. The Labute approximate surface area is 96.1 Å². The van der Waals surface area contributed by atoms with Gasteiger partial charge in [-0.3, -0.25) is 9.59 Å². The van der Waals surface area contributed by atoms with E-state index in [0.29, 0.717) is 0 Å². The highest BCUT2D eigenvalue weighted by Gasteiger charge is 2.22. The summed E-state index contributed by atoms with van der Waals surface area (Å²) >= 11 is 0.875. The minimum Gasteiger partial charge on any atom is -0.476 e. The molecule has 1 rings (SSSR count). The van der Waals surface area contributed by atoms with Crippen molar-refractivity contribution < 1.29 is 19.5 Å². The van der Waals surface area contributed by atoms with E-state index in [1.807, 2.05) is 0 Å². The molecule has 0 aliphatic heterocycles. The van der Waals surface area contributed by atoms with Gasteiger partial charge in [0.05, 0.1) is 0 Å². The third-order valence-corrected chi connectivity index (χ3v) is 2.70. The molecule has 0 atom stereocenters. The fourth-order valence-electron chi connectivity index (χ4n) is 1.02. The Morgan fingerprint density at radius 1 is 1.50 bits per heavy atom. The average Bonchev–Trinajstić information content (AvgIpc) is 2.59. The van der Waals surface area contributed by atoms with Gasteiger partial charge >= 0.3 is 5.97 Å². The third kappa shape index (κ3) is 2.66. The lowest BCUT2D eigenvalue weighted by molar-refractivity contribution is -0.114. The second-order valence-corrected chi connectivity index (χ2v) is 3.96. The molecule has 6 nitrogen and oxygen atoms in total. The second kappa shape index (κ2) is 4.89. The van der Waals surface area contributed by atoms with Crippen LogP contribution in [0.3, 0.4) is 0 Å². The van der Waals surface area contributed by atoms with E-state index in [1.165, 1.54) is 6.92 Å². The van der Waals surface area contributed by atoms with Crippen molar-refractivity contribution in [3.8, 4) is 0 Å². The van der Waals surface area contributed by atoms with E-state index < -0.39 is 5.97 Å². The normalized spacial score (nSPS) is 9.81. The number of anilines is 1. The first-order valence-corrected chi connectivity index (χ1v) is 5.32. The Morgan fingerprint density at radius 3 is 2.56 bits per heavy atom. The smallest absolute Gasteiger partial charge is 0.356 e. The number of rotatable bonds is 4. The molecule has 0 radical (unpaired) electrons. The third-order valence-electron chi connectivity index (χ3n) is 1.69. The quantitative estimate of drug-likeness (QED) is 0.571. The standard InChI is InChI=1S/C8H9BN2O4S/c1-3(12)10-8-11-5(7(14)15)6(16-8)4(13)2-9/h2,9H2,1H3,(H,14,15)(H,10,11,12). The van der Waals surface area contributed by atoms with E-state index in [9.17, 15) is 14.4 Å². The number of thiazole rings is 1. The number of carboxylic acids is 1. The van der Waals surface area contributed by atoms with Crippen molar-refractivity contribution in [3.63, 3.8) is 0 Å². The first-order chi connectivity index (χ1) is 7.45. The van der Waals surface area contributed by atoms with Crippen LogP contribution in [0.4, 0.5) is 5.13 Å². The molecule has 1 heterocycles. The van der Waals surface area contributed by atoms with Gasteiger partial charge in [0.1, 0.15) is 12.7 Å². The molecule has 1 aromatic heterocycles. The molecule has 0 aliphatic carbocycles.